The van der Waals surface area contributed by atoms with E-state index < -0.39 is 0 Å². The number of nitrogens with one attached hydrogen (secondary N) is 1. The number of fused-ring (bicyclic) bond motifs is 1. The van der Waals surface area contributed by atoms with Crippen LogP contribution in [0.2, 0.25) is 0 Å². The lowest BCUT2D eigenvalue weighted by Gasteiger charge is -2.29. The van der Waals surface area contributed by atoms with Gasteiger partial charge in [0, 0.05) is 21.5 Å². The summed E-state index contributed by atoms with van der Waals surface area (Å²) in [7, 11) is 0. The molecule has 1 saturated heterocycles. The molecule has 1 aliphatic heterocycles. The molecule has 0 spiro atoms. The maximum atomic E-state index is 9.97. The van der Waals surface area contributed by atoms with E-state index in [1.165, 1.54) is 0 Å². The Hall–Kier alpha value is -0.430. The molecule has 21 heavy (non-hydrogen) atoms. The summed E-state index contributed by atoms with van der Waals surface area (Å²) in [5.74, 6) is 0. The largest absolute Gasteiger partial charge is 0.392 e. The third-order valence-corrected chi connectivity index (χ3v) is 5.97. The lowest BCUT2D eigenvalue weighted by Crippen LogP contribution is -2.44. The number of aromatic nitrogens is 2. The van der Waals surface area contributed by atoms with Crippen LogP contribution in [0.1, 0.15) is 25.7 Å². The highest BCUT2D eigenvalue weighted by molar-refractivity contribution is 9.13. The van der Waals surface area contributed by atoms with Gasteiger partial charge in [-0.3, -0.25) is 0 Å². The number of hydrogen-bond acceptors (Lipinski definition) is 3. The van der Waals surface area contributed by atoms with Gasteiger partial charge in [-0.25, -0.2) is 4.98 Å². The predicted molar refractivity (Wildman–Crippen MR) is 91.4 cm³/mol. The molecule has 0 unspecified atom stereocenters. The summed E-state index contributed by atoms with van der Waals surface area (Å²) in [6.45, 7) is 1.95. The maximum absolute atomic E-state index is 9.97. The van der Waals surface area contributed by atoms with Gasteiger partial charge in [0.25, 0.3) is 0 Å². The van der Waals surface area contributed by atoms with Crippen molar-refractivity contribution in [2.75, 3.05) is 6.54 Å². The van der Waals surface area contributed by atoms with Crippen molar-refractivity contribution >= 4 is 42.9 Å². The zero-order chi connectivity index (χ0) is 14.8. The Labute approximate surface area is 141 Å². The number of aliphatic hydroxyl groups is 1. The molecule has 1 aromatic heterocycles. The number of imidazole rings is 1. The van der Waals surface area contributed by atoms with Gasteiger partial charge in [0.1, 0.15) is 0 Å². The fourth-order valence-electron chi connectivity index (χ4n) is 2.94. The standard InChI is InChI=1S/C15H19Br2N3O/c16-10-7-13-14(8-11(10)17)20(9-19-13)6-2-3-12-15(21)4-1-5-18-12/h7-9,12,15,18,21H,1-6H2/t12-,15+/m1/s1. The monoisotopic (exact) mass is 415 g/mol. The highest BCUT2D eigenvalue weighted by Gasteiger charge is 2.21. The minimum atomic E-state index is -0.191. The first-order valence-corrected chi connectivity index (χ1v) is 8.95. The topological polar surface area (TPSA) is 50.1 Å². The van der Waals surface area contributed by atoms with Crippen LogP contribution in [0.5, 0.6) is 0 Å². The first kappa shape index (κ1) is 15.5. The van der Waals surface area contributed by atoms with Crippen LogP contribution >= 0.6 is 31.9 Å². The van der Waals surface area contributed by atoms with Gasteiger partial charge >= 0.3 is 0 Å². The number of nitrogens with zero attached hydrogens (tertiary/aromatic N) is 2. The van der Waals surface area contributed by atoms with E-state index >= 15 is 0 Å². The number of hydrogen-bond donors (Lipinski definition) is 2. The minimum Gasteiger partial charge on any atom is -0.392 e. The molecule has 2 aromatic rings. The molecule has 1 aromatic carbocycles. The molecule has 0 amide bonds. The molecule has 2 heterocycles. The van der Waals surface area contributed by atoms with Crippen molar-refractivity contribution in [3.63, 3.8) is 0 Å². The Bertz CT molecular complexity index is 629. The number of halogens is 2. The first-order chi connectivity index (χ1) is 10.1. The molecular weight excluding hydrogens is 398 g/mol. The Morgan fingerprint density at radius 3 is 2.95 bits per heavy atom. The molecule has 0 radical (unpaired) electrons. The van der Waals surface area contributed by atoms with Crippen LogP contribution in [0, 0.1) is 0 Å². The fourth-order valence-corrected chi connectivity index (χ4v) is 3.61. The van der Waals surface area contributed by atoms with Crippen LogP contribution in [0.15, 0.2) is 27.4 Å². The van der Waals surface area contributed by atoms with Crippen LogP contribution in [-0.4, -0.2) is 33.3 Å². The van der Waals surface area contributed by atoms with Gasteiger partial charge in [-0.15, -0.1) is 0 Å². The van der Waals surface area contributed by atoms with Crippen LogP contribution in [0.3, 0.4) is 0 Å². The summed E-state index contributed by atoms with van der Waals surface area (Å²) >= 11 is 7.05. The zero-order valence-corrected chi connectivity index (χ0v) is 14.9. The summed E-state index contributed by atoms with van der Waals surface area (Å²) in [6.07, 6.45) is 5.74. The first-order valence-electron chi connectivity index (χ1n) is 7.36. The lowest BCUT2D eigenvalue weighted by molar-refractivity contribution is 0.0909. The van der Waals surface area contributed by atoms with E-state index in [1.807, 2.05) is 12.4 Å². The lowest BCUT2D eigenvalue weighted by atomic mass is 9.97. The molecule has 0 aliphatic carbocycles. The summed E-state index contributed by atoms with van der Waals surface area (Å²) in [6, 6.07) is 4.37. The highest BCUT2D eigenvalue weighted by Crippen LogP contribution is 2.28. The predicted octanol–water partition coefficient (Wildman–Crippen LogP) is 3.45. The SMILES string of the molecule is O[C@H]1CCCN[C@@H]1CCCn1cnc2cc(Br)c(Br)cc21. The molecule has 1 aliphatic rings. The van der Waals surface area contributed by atoms with Gasteiger partial charge in [-0.2, -0.15) is 0 Å². The molecule has 0 saturated carbocycles. The van der Waals surface area contributed by atoms with E-state index in [1.54, 1.807) is 0 Å². The molecule has 114 valence electrons. The van der Waals surface area contributed by atoms with Crippen molar-refractivity contribution in [1.82, 2.24) is 14.9 Å². The fraction of sp³-hybridized carbons (Fsp3) is 0.533. The normalized spacial score (nSPS) is 22.8. The van der Waals surface area contributed by atoms with E-state index in [2.05, 4.69) is 52.8 Å². The number of aryl methyl sites for hydroxylation is 1. The second-order valence-corrected chi connectivity index (χ2v) is 7.31. The zero-order valence-electron chi connectivity index (χ0n) is 11.7. The van der Waals surface area contributed by atoms with Crippen LogP contribution in [-0.2, 0) is 6.54 Å². The highest BCUT2D eigenvalue weighted by atomic mass is 79.9. The molecule has 6 heteroatoms. The third-order valence-electron chi connectivity index (χ3n) is 4.12. The molecule has 2 atom stereocenters. The van der Waals surface area contributed by atoms with E-state index in [4.69, 9.17) is 0 Å². The van der Waals surface area contributed by atoms with E-state index in [9.17, 15) is 5.11 Å². The molecule has 2 N–H and O–H groups in total. The second-order valence-electron chi connectivity index (χ2n) is 5.61. The van der Waals surface area contributed by atoms with Crippen molar-refractivity contribution in [3.8, 4) is 0 Å². The van der Waals surface area contributed by atoms with Gasteiger partial charge in [0.05, 0.1) is 23.5 Å². The Kier molecular flexibility index (Phi) is 4.99. The van der Waals surface area contributed by atoms with E-state index in [-0.39, 0.29) is 12.1 Å². The van der Waals surface area contributed by atoms with Gasteiger partial charge < -0.3 is 15.0 Å². The summed E-state index contributed by atoms with van der Waals surface area (Å²) in [5, 5.41) is 13.4. The van der Waals surface area contributed by atoms with Gasteiger partial charge in [0.2, 0.25) is 0 Å². The smallest absolute Gasteiger partial charge is 0.0958 e. The van der Waals surface area contributed by atoms with E-state index in [0.717, 1.165) is 58.8 Å². The number of aliphatic hydroxyl groups excluding tert-OH is 1. The van der Waals surface area contributed by atoms with E-state index in [0.29, 0.717) is 0 Å². The Balaban J connectivity index is 1.64. The van der Waals surface area contributed by atoms with Crippen molar-refractivity contribution in [2.45, 2.75) is 44.4 Å². The minimum absolute atomic E-state index is 0.191. The van der Waals surface area contributed by atoms with Crippen LogP contribution in [0.4, 0.5) is 0 Å². The van der Waals surface area contributed by atoms with Crippen molar-refractivity contribution < 1.29 is 5.11 Å². The third kappa shape index (κ3) is 3.50. The molecule has 4 nitrogen and oxygen atoms in total. The van der Waals surface area contributed by atoms with Gasteiger partial charge in [0.15, 0.2) is 0 Å². The summed E-state index contributed by atoms with van der Waals surface area (Å²) < 4.78 is 4.25. The quantitative estimate of drug-likeness (QED) is 0.802. The Morgan fingerprint density at radius 1 is 1.33 bits per heavy atom. The number of piperidine rings is 1. The maximum Gasteiger partial charge on any atom is 0.0958 e. The summed E-state index contributed by atoms with van der Waals surface area (Å²) in [4.78, 5) is 4.45. The van der Waals surface area contributed by atoms with Crippen LogP contribution in [0.25, 0.3) is 11.0 Å². The average Bonchev–Trinajstić information content (AvgIpc) is 2.84. The number of rotatable bonds is 4. The van der Waals surface area contributed by atoms with Crippen LogP contribution < -0.4 is 5.32 Å². The molecule has 3 rings (SSSR count). The molecule has 1 fully saturated rings. The second kappa shape index (κ2) is 6.77. The van der Waals surface area contributed by atoms with Crippen molar-refractivity contribution in [2.24, 2.45) is 0 Å². The van der Waals surface area contributed by atoms with Crippen molar-refractivity contribution in [3.05, 3.63) is 27.4 Å². The molecular formula is C15H19Br2N3O. The summed E-state index contributed by atoms with van der Waals surface area (Å²) in [5.41, 5.74) is 2.14. The van der Waals surface area contributed by atoms with Gasteiger partial charge in [-0.1, -0.05) is 0 Å². The average molecular weight is 417 g/mol. The number of benzene rings is 1. The van der Waals surface area contributed by atoms with Gasteiger partial charge in [-0.05, 0) is 76.2 Å². The molecule has 0 bridgehead atoms. The van der Waals surface area contributed by atoms with Crippen molar-refractivity contribution in [1.29, 1.82) is 0 Å². The Morgan fingerprint density at radius 2 is 2.14 bits per heavy atom.